The van der Waals surface area contributed by atoms with Crippen LogP contribution in [-0.2, 0) is 4.79 Å². The molecule has 0 spiro atoms. The lowest BCUT2D eigenvalue weighted by Gasteiger charge is -2.13. The van der Waals surface area contributed by atoms with Crippen molar-refractivity contribution in [2.45, 2.75) is 17.1 Å². The Morgan fingerprint density at radius 3 is 2.38 bits per heavy atom. The van der Waals surface area contributed by atoms with Gasteiger partial charge in [-0.3, -0.25) is 9.59 Å². The minimum atomic E-state index is -0.308. The van der Waals surface area contributed by atoms with Gasteiger partial charge in [-0.05, 0) is 67.6 Å². The number of amides is 2. The quantitative estimate of drug-likeness (QED) is 0.390. The van der Waals surface area contributed by atoms with Crippen LogP contribution in [0.2, 0.25) is 5.02 Å². The van der Waals surface area contributed by atoms with Crippen molar-refractivity contribution in [2.75, 3.05) is 10.6 Å². The van der Waals surface area contributed by atoms with Gasteiger partial charge in [0.15, 0.2) is 0 Å². The molecule has 1 atom stereocenters. The number of carbonyl (C=O) groups excluding carboxylic acids is 2. The number of halogens is 2. The number of anilines is 2. The molecule has 3 aromatic rings. The van der Waals surface area contributed by atoms with Gasteiger partial charge in [0.25, 0.3) is 5.91 Å². The van der Waals surface area contributed by atoms with Crippen molar-refractivity contribution in [1.82, 2.24) is 0 Å². The minimum Gasteiger partial charge on any atom is -0.325 e. The molecule has 1 unspecified atom stereocenters. The Labute approximate surface area is 187 Å². The summed E-state index contributed by atoms with van der Waals surface area (Å²) in [5.41, 5.74) is 1.88. The normalized spacial score (nSPS) is 11.6. The van der Waals surface area contributed by atoms with Crippen LogP contribution < -0.4 is 10.6 Å². The van der Waals surface area contributed by atoms with Gasteiger partial charge in [-0.25, -0.2) is 0 Å². The van der Waals surface area contributed by atoms with Gasteiger partial charge in [0.1, 0.15) is 0 Å². The molecule has 3 rings (SSSR count). The Bertz CT molecular complexity index is 1030. The average molecular weight is 490 g/mol. The second-order valence-corrected chi connectivity index (χ2v) is 9.01. The summed E-state index contributed by atoms with van der Waals surface area (Å²) in [5, 5.41) is 5.96. The molecule has 2 N–H and O–H groups in total. The third-order valence-corrected chi connectivity index (χ3v) is 5.83. The second kappa shape index (κ2) is 9.96. The maximum absolute atomic E-state index is 12.5. The first-order valence-corrected chi connectivity index (χ1v) is 10.9. The summed E-state index contributed by atoms with van der Waals surface area (Å²) in [4.78, 5) is 25.7. The molecule has 0 bridgehead atoms. The van der Waals surface area contributed by atoms with Crippen LogP contribution in [0.4, 0.5) is 11.4 Å². The van der Waals surface area contributed by atoms with Gasteiger partial charge in [0.05, 0.1) is 5.25 Å². The molecule has 148 valence electrons. The Morgan fingerprint density at radius 1 is 0.931 bits per heavy atom. The number of rotatable bonds is 6. The Hall–Kier alpha value is -2.28. The van der Waals surface area contributed by atoms with Crippen LogP contribution in [-0.4, -0.2) is 17.1 Å². The number of hydrogen-bond acceptors (Lipinski definition) is 3. The van der Waals surface area contributed by atoms with Crippen molar-refractivity contribution in [2.24, 2.45) is 0 Å². The first kappa shape index (κ1) is 21.4. The van der Waals surface area contributed by atoms with E-state index in [2.05, 4.69) is 26.6 Å². The Kier molecular flexibility index (Phi) is 7.36. The highest BCUT2D eigenvalue weighted by Gasteiger charge is 2.15. The maximum atomic E-state index is 12.5. The molecule has 0 heterocycles. The summed E-state index contributed by atoms with van der Waals surface area (Å²) in [5.74, 6) is -0.332. The fourth-order valence-electron chi connectivity index (χ4n) is 2.51. The summed E-state index contributed by atoms with van der Waals surface area (Å²) in [6, 6.07) is 21.6. The van der Waals surface area contributed by atoms with Crippen LogP contribution in [0.3, 0.4) is 0 Å². The zero-order valence-electron chi connectivity index (χ0n) is 15.5. The Morgan fingerprint density at radius 2 is 1.66 bits per heavy atom. The molecule has 0 saturated heterocycles. The van der Waals surface area contributed by atoms with Crippen LogP contribution >= 0.6 is 39.3 Å². The lowest BCUT2D eigenvalue weighted by molar-refractivity contribution is -0.115. The SMILES string of the molecule is CC(Sc1cccc(NC(=O)c2cccc(Cl)c2)c1)C(=O)Nc1ccc(Br)cc1. The summed E-state index contributed by atoms with van der Waals surface area (Å²) >= 11 is 10.7. The van der Waals surface area contributed by atoms with Crippen molar-refractivity contribution < 1.29 is 9.59 Å². The highest BCUT2D eigenvalue weighted by molar-refractivity contribution is 9.10. The van der Waals surface area contributed by atoms with Gasteiger partial charge >= 0.3 is 0 Å². The molecule has 2 amide bonds. The zero-order valence-corrected chi connectivity index (χ0v) is 18.6. The van der Waals surface area contributed by atoms with E-state index in [0.29, 0.717) is 16.3 Å². The van der Waals surface area contributed by atoms with E-state index >= 15 is 0 Å². The van der Waals surface area contributed by atoms with Gasteiger partial charge in [0, 0.05) is 31.3 Å². The molecule has 0 aliphatic rings. The third kappa shape index (κ3) is 6.35. The van der Waals surface area contributed by atoms with Gasteiger partial charge in [-0.1, -0.05) is 39.7 Å². The van der Waals surface area contributed by atoms with E-state index in [0.717, 1.165) is 15.1 Å². The third-order valence-electron chi connectivity index (χ3n) is 3.97. The standard InChI is InChI=1S/C22H18BrClN2O2S/c1-14(21(27)25-18-10-8-16(23)9-11-18)29-20-7-3-6-19(13-20)26-22(28)15-4-2-5-17(24)12-15/h2-14H,1H3,(H,25,27)(H,26,28). The van der Waals surface area contributed by atoms with E-state index in [4.69, 9.17) is 11.6 Å². The van der Waals surface area contributed by atoms with Crippen LogP contribution in [0, 0.1) is 0 Å². The predicted octanol–water partition coefficient (Wildman–Crippen LogP) is 6.47. The van der Waals surface area contributed by atoms with Crippen molar-refractivity contribution in [3.63, 3.8) is 0 Å². The second-order valence-electron chi connectivity index (χ2n) is 6.25. The van der Waals surface area contributed by atoms with E-state index in [1.165, 1.54) is 11.8 Å². The van der Waals surface area contributed by atoms with Crippen molar-refractivity contribution in [3.8, 4) is 0 Å². The minimum absolute atomic E-state index is 0.0920. The van der Waals surface area contributed by atoms with E-state index in [1.807, 2.05) is 49.4 Å². The van der Waals surface area contributed by atoms with E-state index in [-0.39, 0.29) is 17.1 Å². The van der Waals surface area contributed by atoms with Gasteiger partial charge in [0.2, 0.25) is 5.91 Å². The fraction of sp³-hybridized carbons (Fsp3) is 0.0909. The molecular weight excluding hydrogens is 472 g/mol. The highest BCUT2D eigenvalue weighted by Crippen LogP contribution is 2.27. The number of nitrogens with one attached hydrogen (secondary N) is 2. The number of benzene rings is 3. The highest BCUT2D eigenvalue weighted by atomic mass is 79.9. The van der Waals surface area contributed by atoms with Crippen LogP contribution in [0.5, 0.6) is 0 Å². The van der Waals surface area contributed by atoms with Crippen LogP contribution in [0.1, 0.15) is 17.3 Å². The average Bonchev–Trinajstić information content (AvgIpc) is 2.70. The van der Waals surface area contributed by atoms with Gasteiger partial charge in [-0.15, -0.1) is 11.8 Å². The van der Waals surface area contributed by atoms with Gasteiger partial charge in [-0.2, -0.15) is 0 Å². The molecule has 7 heteroatoms. The summed E-state index contributed by atoms with van der Waals surface area (Å²) < 4.78 is 0.953. The van der Waals surface area contributed by atoms with E-state index in [1.54, 1.807) is 30.3 Å². The lowest BCUT2D eigenvalue weighted by Crippen LogP contribution is -2.22. The van der Waals surface area contributed by atoms with Crippen LogP contribution in [0.15, 0.2) is 82.2 Å². The lowest BCUT2D eigenvalue weighted by atomic mass is 10.2. The Balaban J connectivity index is 1.62. The molecule has 3 aromatic carbocycles. The molecule has 4 nitrogen and oxygen atoms in total. The van der Waals surface area contributed by atoms with Crippen molar-refractivity contribution in [3.05, 3.63) is 87.9 Å². The molecule has 0 radical (unpaired) electrons. The monoisotopic (exact) mass is 488 g/mol. The maximum Gasteiger partial charge on any atom is 0.255 e. The molecule has 0 fully saturated rings. The largest absolute Gasteiger partial charge is 0.325 e. The summed E-state index contributed by atoms with van der Waals surface area (Å²) in [6.07, 6.45) is 0. The first-order chi connectivity index (χ1) is 13.9. The molecule has 0 aliphatic carbocycles. The first-order valence-electron chi connectivity index (χ1n) is 8.81. The molecule has 0 aromatic heterocycles. The van der Waals surface area contributed by atoms with Crippen molar-refractivity contribution in [1.29, 1.82) is 0 Å². The summed E-state index contributed by atoms with van der Waals surface area (Å²) in [6.45, 7) is 1.84. The van der Waals surface area contributed by atoms with Gasteiger partial charge < -0.3 is 10.6 Å². The molecule has 29 heavy (non-hydrogen) atoms. The summed E-state index contributed by atoms with van der Waals surface area (Å²) in [7, 11) is 0. The van der Waals surface area contributed by atoms with E-state index < -0.39 is 0 Å². The van der Waals surface area contributed by atoms with E-state index in [9.17, 15) is 9.59 Å². The molecule has 0 saturated carbocycles. The fourth-order valence-corrected chi connectivity index (χ4v) is 3.90. The number of hydrogen-bond donors (Lipinski definition) is 2. The number of carbonyl (C=O) groups is 2. The molecular formula is C22H18BrClN2O2S. The van der Waals surface area contributed by atoms with Crippen LogP contribution in [0.25, 0.3) is 0 Å². The zero-order chi connectivity index (χ0) is 20.8. The predicted molar refractivity (Wildman–Crippen MR) is 124 cm³/mol. The number of thioether (sulfide) groups is 1. The smallest absolute Gasteiger partial charge is 0.255 e. The van der Waals surface area contributed by atoms with Crippen molar-refractivity contribution >= 4 is 62.5 Å². The topological polar surface area (TPSA) is 58.2 Å². The molecule has 0 aliphatic heterocycles.